The third-order valence-electron chi connectivity index (χ3n) is 3.98. The minimum absolute atomic E-state index is 0.113. The molecule has 132 valence electrons. The van der Waals surface area contributed by atoms with Gasteiger partial charge in [0.05, 0.1) is 4.90 Å². The monoisotopic (exact) mass is 358 g/mol. The van der Waals surface area contributed by atoms with Gasteiger partial charge in [-0.3, -0.25) is 4.79 Å². The molecule has 1 amide bonds. The predicted molar refractivity (Wildman–Crippen MR) is 98.3 cm³/mol. The molecule has 1 heterocycles. The number of fused-ring (bicyclic) bond motifs is 1. The Morgan fingerprint density at radius 3 is 2.32 bits per heavy atom. The van der Waals surface area contributed by atoms with Crippen molar-refractivity contribution in [2.24, 2.45) is 0 Å². The molecule has 2 aromatic carbocycles. The average molecular weight is 358 g/mol. The second kappa shape index (κ2) is 6.28. The van der Waals surface area contributed by atoms with Gasteiger partial charge in [0, 0.05) is 23.3 Å². The number of carbonyl (C=O) groups excluding carboxylic acids is 1. The highest BCUT2D eigenvalue weighted by Gasteiger charge is 2.26. The average Bonchev–Trinajstić information content (AvgIpc) is 2.96. The fourth-order valence-corrected chi connectivity index (χ4v) is 4.36. The highest BCUT2D eigenvalue weighted by atomic mass is 32.2. The van der Waals surface area contributed by atoms with Crippen LogP contribution >= 0.6 is 0 Å². The molecule has 25 heavy (non-hydrogen) atoms. The van der Waals surface area contributed by atoms with Gasteiger partial charge in [0.25, 0.3) is 5.91 Å². The van der Waals surface area contributed by atoms with Gasteiger partial charge in [0.2, 0.25) is 10.0 Å². The summed E-state index contributed by atoms with van der Waals surface area (Å²) in [7, 11) is -3.60. The Kier molecular flexibility index (Phi) is 4.43. The van der Waals surface area contributed by atoms with Crippen LogP contribution in [0.1, 0.15) is 36.7 Å². The number of sulfonamides is 1. The first-order chi connectivity index (χ1) is 11.7. The Morgan fingerprint density at radius 1 is 1.04 bits per heavy atom. The van der Waals surface area contributed by atoms with Crippen LogP contribution in [0.25, 0.3) is 0 Å². The van der Waals surface area contributed by atoms with Crippen LogP contribution in [-0.4, -0.2) is 26.4 Å². The Morgan fingerprint density at radius 2 is 1.68 bits per heavy atom. The zero-order valence-electron chi connectivity index (χ0n) is 14.6. The summed E-state index contributed by atoms with van der Waals surface area (Å²) >= 11 is 0. The van der Waals surface area contributed by atoms with Gasteiger partial charge in [-0.1, -0.05) is 18.2 Å². The first-order valence-corrected chi connectivity index (χ1v) is 9.69. The van der Waals surface area contributed by atoms with E-state index in [2.05, 4.69) is 4.72 Å². The number of nitrogens with one attached hydrogen (secondary N) is 1. The molecule has 1 aliphatic heterocycles. The molecule has 0 atom stereocenters. The lowest BCUT2D eigenvalue weighted by Crippen LogP contribution is -2.40. The van der Waals surface area contributed by atoms with Crippen LogP contribution in [0, 0.1) is 0 Å². The minimum Gasteiger partial charge on any atom is -0.308 e. The van der Waals surface area contributed by atoms with E-state index in [1.54, 1.807) is 37.8 Å². The number of carbonyl (C=O) groups is 1. The lowest BCUT2D eigenvalue weighted by atomic mass is 10.1. The molecule has 0 aromatic heterocycles. The number of rotatable bonds is 3. The predicted octanol–water partition coefficient (Wildman–Crippen LogP) is 2.97. The highest BCUT2D eigenvalue weighted by Crippen LogP contribution is 2.29. The smallest absolute Gasteiger partial charge is 0.258 e. The summed E-state index contributed by atoms with van der Waals surface area (Å²) in [5.74, 6) is -0.113. The quantitative estimate of drug-likeness (QED) is 0.917. The Hall–Kier alpha value is -2.18. The molecular formula is C19H22N2O3S. The van der Waals surface area contributed by atoms with Crippen molar-refractivity contribution in [1.29, 1.82) is 0 Å². The molecule has 0 fully saturated rings. The second-order valence-corrected chi connectivity index (χ2v) is 8.90. The van der Waals surface area contributed by atoms with Gasteiger partial charge in [-0.15, -0.1) is 0 Å². The number of hydrogen-bond donors (Lipinski definition) is 1. The van der Waals surface area contributed by atoms with Gasteiger partial charge in [-0.2, -0.15) is 0 Å². The standard InChI is InChI=1S/C19H22N2O3S/c1-19(2,3)20-25(23,24)16-10-8-15(9-11-16)18(22)21-13-12-14-6-4-5-7-17(14)21/h4-11,20H,12-13H2,1-3H3. The van der Waals surface area contributed by atoms with Crippen molar-refractivity contribution in [3.8, 4) is 0 Å². The van der Waals surface area contributed by atoms with Gasteiger partial charge in [-0.05, 0) is 63.1 Å². The van der Waals surface area contributed by atoms with E-state index in [1.807, 2.05) is 24.3 Å². The maximum atomic E-state index is 12.8. The van der Waals surface area contributed by atoms with Gasteiger partial charge in [-0.25, -0.2) is 13.1 Å². The molecule has 6 heteroatoms. The summed E-state index contributed by atoms with van der Waals surface area (Å²) < 4.78 is 27.3. The third-order valence-corrected chi connectivity index (χ3v) is 5.76. The van der Waals surface area contributed by atoms with Crippen LogP contribution in [0.2, 0.25) is 0 Å². The van der Waals surface area contributed by atoms with Crippen LogP contribution in [0.5, 0.6) is 0 Å². The Bertz CT molecular complexity index is 897. The van der Waals surface area contributed by atoms with E-state index in [1.165, 1.54) is 12.1 Å². The van der Waals surface area contributed by atoms with E-state index in [-0.39, 0.29) is 10.8 Å². The number of amides is 1. The van der Waals surface area contributed by atoms with Crippen molar-refractivity contribution in [1.82, 2.24) is 4.72 Å². The third kappa shape index (κ3) is 3.75. The molecular weight excluding hydrogens is 336 g/mol. The van der Waals surface area contributed by atoms with E-state index >= 15 is 0 Å². The fourth-order valence-electron chi connectivity index (χ4n) is 2.94. The molecule has 1 aliphatic rings. The zero-order valence-corrected chi connectivity index (χ0v) is 15.4. The van der Waals surface area contributed by atoms with Crippen molar-refractivity contribution in [3.05, 3.63) is 59.7 Å². The first kappa shape index (κ1) is 17.6. The molecule has 5 nitrogen and oxygen atoms in total. The van der Waals surface area contributed by atoms with E-state index in [9.17, 15) is 13.2 Å². The lowest BCUT2D eigenvalue weighted by molar-refractivity contribution is 0.0989. The molecule has 1 N–H and O–H groups in total. The first-order valence-electron chi connectivity index (χ1n) is 8.21. The Balaban J connectivity index is 1.83. The maximum absolute atomic E-state index is 12.8. The normalized spacial score (nSPS) is 14.4. The van der Waals surface area contributed by atoms with E-state index in [4.69, 9.17) is 0 Å². The minimum atomic E-state index is -3.60. The van der Waals surface area contributed by atoms with Gasteiger partial charge < -0.3 is 4.90 Å². The van der Waals surface area contributed by atoms with Gasteiger partial charge in [0.15, 0.2) is 0 Å². The number of para-hydroxylation sites is 1. The van der Waals surface area contributed by atoms with Crippen molar-refractivity contribution < 1.29 is 13.2 Å². The molecule has 0 saturated heterocycles. The van der Waals surface area contributed by atoms with E-state index in [0.717, 1.165) is 17.7 Å². The van der Waals surface area contributed by atoms with E-state index in [0.29, 0.717) is 12.1 Å². The lowest BCUT2D eigenvalue weighted by Gasteiger charge is -2.21. The molecule has 0 aliphatic carbocycles. The summed E-state index contributed by atoms with van der Waals surface area (Å²) in [5.41, 5.74) is 2.00. The summed E-state index contributed by atoms with van der Waals surface area (Å²) in [6.45, 7) is 6.00. The number of benzene rings is 2. The van der Waals surface area contributed by atoms with Crippen LogP contribution in [-0.2, 0) is 16.4 Å². The fraction of sp³-hybridized carbons (Fsp3) is 0.316. The topological polar surface area (TPSA) is 66.5 Å². The molecule has 0 saturated carbocycles. The summed E-state index contributed by atoms with van der Waals surface area (Å²) in [4.78, 5) is 14.7. The largest absolute Gasteiger partial charge is 0.308 e. The highest BCUT2D eigenvalue weighted by molar-refractivity contribution is 7.89. The Labute approximate surface area is 148 Å². The number of anilines is 1. The van der Waals surface area contributed by atoms with Gasteiger partial charge >= 0.3 is 0 Å². The van der Waals surface area contributed by atoms with Crippen LogP contribution in [0.15, 0.2) is 53.4 Å². The van der Waals surface area contributed by atoms with Crippen LogP contribution < -0.4 is 9.62 Å². The molecule has 3 rings (SSSR count). The summed E-state index contributed by atoms with van der Waals surface area (Å²) in [6.07, 6.45) is 0.837. The molecule has 0 spiro atoms. The van der Waals surface area contributed by atoms with Crippen LogP contribution in [0.4, 0.5) is 5.69 Å². The molecule has 2 aromatic rings. The summed E-state index contributed by atoms with van der Waals surface area (Å²) in [6, 6.07) is 13.9. The SMILES string of the molecule is CC(C)(C)NS(=O)(=O)c1ccc(C(=O)N2CCc3ccccc32)cc1. The van der Waals surface area contributed by atoms with Gasteiger partial charge in [0.1, 0.15) is 0 Å². The van der Waals surface area contributed by atoms with Crippen molar-refractivity contribution in [2.45, 2.75) is 37.6 Å². The summed E-state index contributed by atoms with van der Waals surface area (Å²) in [5, 5.41) is 0. The van der Waals surface area contributed by atoms with Crippen molar-refractivity contribution >= 4 is 21.6 Å². The second-order valence-electron chi connectivity index (χ2n) is 7.22. The molecule has 0 radical (unpaired) electrons. The molecule has 0 unspecified atom stereocenters. The van der Waals surface area contributed by atoms with Crippen molar-refractivity contribution in [2.75, 3.05) is 11.4 Å². The van der Waals surface area contributed by atoms with E-state index < -0.39 is 15.6 Å². The molecule has 0 bridgehead atoms. The zero-order chi connectivity index (χ0) is 18.2. The number of nitrogens with zero attached hydrogens (tertiary/aromatic N) is 1. The van der Waals surface area contributed by atoms with Crippen molar-refractivity contribution in [3.63, 3.8) is 0 Å². The number of hydrogen-bond acceptors (Lipinski definition) is 3. The van der Waals surface area contributed by atoms with Crippen LogP contribution in [0.3, 0.4) is 0 Å². The maximum Gasteiger partial charge on any atom is 0.258 e.